The van der Waals surface area contributed by atoms with Crippen LogP contribution in [0.25, 0.3) is 10.4 Å². The van der Waals surface area contributed by atoms with Crippen molar-refractivity contribution < 1.29 is 51.0 Å². The molecular weight excluding hydrogens is 929 g/mol. The van der Waals surface area contributed by atoms with E-state index in [4.69, 9.17) is 26.4 Å². The number of carbonyl (C=O) groups excluding carboxylic acids is 4. The van der Waals surface area contributed by atoms with E-state index in [-0.39, 0.29) is 55.8 Å². The van der Waals surface area contributed by atoms with Crippen LogP contribution < -0.4 is 25.2 Å². The van der Waals surface area contributed by atoms with Gasteiger partial charge in [0.15, 0.2) is 10.9 Å². The number of thiocarbonyl (C=S) groups is 1. The van der Waals surface area contributed by atoms with Crippen LogP contribution >= 0.6 is 23.6 Å². The Kier molecular flexibility index (Phi) is 15.9. The highest BCUT2D eigenvalue weighted by atomic mass is 32.1. The van der Waals surface area contributed by atoms with Crippen molar-refractivity contribution >= 4 is 63.7 Å². The zero-order valence-corrected chi connectivity index (χ0v) is 40.2. The summed E-state index contributed by atoms with van der Waals surface area (Å²) in [6.07, 6.45) is -2.68. The van der Waals surface area contributed by atoms with Crippen molar-refractivity contribution in [1.82, 2.24) is 25.5 Å². The summed E-state index contributed by atoms with van der Waals surface area (Å²) in [7, 11) is 0. The van der Waals surface area contributed by atoms with E-state index in [1.54, 1.807) is 34.7 Å². The standard InChI is InChI=1S/C47H52F4N8O7S2/c1-27-21-36(53-24-34(27)59-44(67)58(43(63)46(59,6)7)32-15-14-31(22-52)37(38(32)48)47(49,50)51)66-20-19-64-17-18-65-25-35(60)56-40(45(3,4)5)42(62)57-16-8-9-33(57)41(61)54-23-29-10-12-30(13-11-29)39-28(2)55-26-68-39/h10-15,21,24,26,33,40H,8-9,16-20,23,25H2,1-7H3,(H,54,61)(H,56,60)/t33-,40+/m0/s1. The van der Waals surface area contributed by atoms with E-state index in [9.17, 15) is 37.6 Å². The van der Waals surface area contributed by atoms with Gasteiger partial charge in [0, 0.05) is 19.2 Å². The molecule has 0 bridgehead atoms. The number of thiazole rings is 1. The molecule has 362 valence electrons. The minimum Gasteiger partial charge on any atom is -0.475 e. The van der Waals surface area contributed by atoms with E-state index in [0.29, 0.717) is 42.1 Å². The zero-order chi connectivity index (χ0) is 49.7. The Balaban J connectivity index is 0.934. The minimum absolute atomic E-state index is 0.0563. The molecule has 0 spiro atoms. The molecule has 4 heterocycles. The van der Waals surface area contributed by atoms with Crippen LogP contribution in [0.1, 0.15) is 75.4 Å². The van der Waals surface area contributed by atoms with Gasteiger partial charge < -0.3 is 34.6 Å². The maximum absolute atomic E-state index is 15.4. The summed E-state index contributed by atoms with van der Waals surface area (Å²) in [5.74, 6) is -3.51. The molecule has 2 aliphatic heterocycles. The van der Waals surface area contributed by atoms with Crippen molar-refractivity contribution in [3.63, 3.8) is 0 Å². The second-order valence-electron chi connectivity index (χ2n) is 17.8. The smallest absolute Gasteiger partial charge is 0.420 e. The highest BCUT2D eigenvalue weighted by molar-refractivity contribution is 7.81. The van der Waals surface area contributed by atoms with Crippen LogP contribution in [-0.2, 0) is 41.4 Å². The van der Waals surface area contributed by atoms with Gasteiger partial charge in [-0.25, -0.2) is 14.4 Å². The lowest BCUT2D eigenvalue weighted by molar-refractivity contribution is -0.144. The summed E-state index contributed by atoms with van der Waals surface area (Å²) in [5.41, 5.74) is -0.0252. The lowest BCUT2D eigenvalue weighted by atomic mass is 9.85. The van der Waals surface area contributed by atoms with Crippen molar-refractivity contribution in [2.75, 3.05) is 49.4 Å². The number of nitrogens with one attached hydrogen (secondary N) is 2. The average molecular weight is 981 g/mol. The van der Waals surface area contributed by atoms with Crippen molar-refractivity contribution in [2.45, 2.75) is 91.7 Å². The molecular formula is C47H52F4N8O7S2. The third kappa shape index (κ3) is 11.3. The molecule has 2 aromatic carbocycles. The van der Waals surface area contributed by atoms with E-state index in [2.05, 4.69) is 20.6 Å². The molecule has 2 fully saturated rings. The highest BCUT2D eigenvalue weighted by Gasteiger charge is 2.52. The number of aromatic nitrogens is 2. The summed E-state index contributed by atoms with van der Waals surface area (Å²) in [6.45, 7) is 12.8. The summed E-state index contributed by atoms with van der Waals surface area (Å²) in [4.78, 5) is 67.2. The summed E-state index contributed by atoms with van der Waals surface area (Å²) in [5, 5.41) is 14.7. The fourth-order valence-corrected chi connectivity index (χ4v) is 9.25. The number of nitrogens with zero attached hydrogens (tertiary/aromatic N) is 6. The average Bonchev–Trinajstić information content (AvgIpc) is 3.99. The molecule has 2 aliphatic rings. The number of anilines is 2. The Morgan fingerprint density at radius 2 is 1.71 bits per heavy atom. The summed E-state index contributed by atoms with van der Waals surface area (Å²) >= 11 is 7.10. The normalized spacial score (nSPS) is 16.5. The molecule has 0 unspecified atom stereocenters. The molecule has 0 radical (unpaired) electrons. The molecule has 2 aromatic heterocycles. The predicted octanol–water partition coefficient (Wildman–Crippen LogP) is 7.02. The van der Waals surface area contributed by atoms with Gasteiger partial charge in [-0.05, 0) is 87.0 Å². The van der Waals surface area contributed by atoms with Crippen molar-refractivity contribution in [2.24, 2.45) is 5.41 Å². The zero-order valence-electron chi connectivity index (χ0n) is 38.6. The van der Waals surface area contributed by atoms with Crippen LogP contribution in [0.2, 0.25) is 0 Å². The second-order valence-corrected chi connectivity index (χ2v) is 19.0. The van der Waals surface area contributed by atoms with E-state index in [1.165, 1.54) is 31.0 Å². The molecule has 21 heteroatoms. The van der Waals surface area contributed by atoms with Gasteiger partial charge in [-0.3, -0.25) is 24.1 Å². The Hall–Kier alpha value is -6.08. The number of alkyl halides is 3. The quantitative estimate of drug-likeness (QED) is 0.0629. The SMILES string of the molecule is Cc1cc(OCCOCCOCC(=O)N[C@H](C(=O)N2CCC[C@H]2C(=O)NCc2ccc(-c3scnc3C)cc2)C(C)(C)C)ncc1N1C(=S)N(c2ccc(C#N)c(C(F)(F)F)c2F)C(=O)C1(C)C. The summed E-state index contributed by atoms with van der Waals surface area (Å²) < 4.78 is 73.6. The van der Waals surface area contributed by atoms with Crippen molar-refractivity contribution in [3.8, 4) is 22.4 Å². The number of halogens is 4. The first-order valence-corrected chi connectivity index (χ1v) is 23.0. The molecule has 4 amide bonds. The van der Waals surface area contributed by atoms with E-state index in [1.807, 2.05) is 52.0 Å². The minimum atomic E-state index is -5.21. The number of likely N-dealkylation sites (tertiary alicyclic amines) is 1. The van der Waals surface area contributed by atoms with Gasteiger partial charge in [-0.15, -0.1) is 11.3 Å². The number of ether oxygens (including phenoxy) is 3. The Labute approximate surface area is 400 Å². The first-order valence-electron chi connectivity index (χ1n) is 21.7. The molecule has 68 heavy (non-hydrogen) atoms. The number of hydrogen-bond acceptors (Lipinski definition) is 12. The first kappa shape index (κ1) is 51.3. The van der Waals surface area contributed by atoms with Crippen LogP contribution in [0.3, 0.4) is 0 Å². The number of carbonyl (C=O) groups is 4. The number of hydrogen-bond donors (Lipinski definition) is 2. The molecule has 4 aromatic rings. The van der Waals surface area contributed by atoms with Gasteiger partial charge in [-0.2, -0.15) is 18.4 Å². The van der Waals surface area contributed by atoms with Crippen LogP contribution in [0.4, 0.5) is 28.9 Å². The number of amides is 4. The van der Waals surface area contributed by atoms with Gasteiger partial charge in [0.2, 0.25) is 23.6 Å². The number of benzene rings is 2. The molecule has 6 rings (SSSR count). The number of nitriles is 1. The lowest BCUT2D eigenvalue weighted by Gasteiger charge is -2.35. The van der Waals surface area contributed by atoms with Crippen LogP contribution in [-0.4, -0.2) is 101 Å². The van der Waals surface area contributed by atoms with Gasteiger partial charge in [-0.1, -0.05) is 45.0 Å². The number of pyridine rings is 1. The van der Waals surface area contributed by atoms with Crippen molar-refractivity contribution in [3.05, 3.63) is 87.9 Å². The molecule has 15 nitrogen and oxygen atoms in total. The summed E-state index contributed by atoms with van der Waals surface area (Å²) in [6, 6.07) is 10.9. The fraction of sp³-hybridized carbons (Fsp3) is 0.447. The molecule has 2 atom stereocenters. The molecule has 2 saturated heterocycles. The largest absolute Gasteiger partial charge is 0.475 e. The second kappa shape index (κ2) is 21.1. The maximum Gasteiger partial charge on any atom is 0.420 e. The number of aryl methyl sites for hydroxylation is 2. The third-order valence-corrected chi connectivity index (χ3v) is 12.8. The third-order valence-electron chi connectivity index (χ3n) is 11.5. The Morgan fingerprint density at radius 3 is 2.34 bits per heavy atom. The molecule has 2 N–H and O–H groups in total. The molecule has 0 saturated carbocycles. The fourth-order valence-electron chi connectivity index (χ4n) is 7.93. The van der Waals surface area contributed by atoms with E-state index in [0.717, 1.165) is 33.8 Å². The monoisotopic (exact) mass is 980 g/mol. The van der Waals surface area contributed by atoms with Crippen molar-refractivity contribution in [1.29, 1.82) is 5.26 Å². The molecule has 0 aliphatic carbocycles. The topological polar surface area (TPSA) is 179 Å². The van der Waals surface area contributed by atoms with E-state index < -0.39 is 63.7 Å². The van der Waals surface area contributed by atoms with Crippen LogP contribution in [0, 0.1) is 36.4 Å². The highest BCUT2D eigenvalue weighted by Crippen LogP contribution is 2.42. The van der Waals surface area contributed by atoms with Gasteiger partial charge in [0.05, 0.1) is 65.1 Å². The van der Waals surface area contributed by atoms with Gasteiger partial charge in [0.1, 0.15) is 36.4 Å². The lowest BCUT2D eigenvalue weighted by Crippen LogP contribution is -2.58. The maximum atomic E-state index is 15.4. The van der Waals surface area contributed by atoms with Gasteiger partial charge >= 0.3 is 6.18 Å². The van der Waals surface area contributed by atoms with Crippen LogP contribution in [0.15, 0.2) is 54.2 Å². The van der Waals surface area contributed by atoms with Crippen LogP contribution in [0.5, 0.6) is 5.88 Å². The van der Waals surface area contributed by atoms with Gasteiger partial charge in [0.25, 0.3) is 5.91 Å². The Morgan fingerprint density at radius 1 is 1.01 bits per heavy atom. The van der Waals surface area contributed by atoms with E-state index >= 15 is 4.39 Å². The number of rotatable bonds is 17. The Bertz CT molecular complexity index is 2590. The first-order chi connectivity index (χ1) is 32.1. The predicted molar refractivity (Wildman–Crippen MR) is 249 cm³/mol.